The van der Waals surface area contributed by atoms with Gasteiger partial charge in [0.1, 0.15) is 0 Å². The maximum Gasteiger partial charge on any atom is 0.0541 e. The van der Waals surface area contributed by atoms with Gasteiger partial charge in [0.15, 0.2) is 0 Å². The van der Waals surface area contributed by atoms with Crippen molar-refractivity contribution in [1.29, 1.82) is 0 Å². The molecule has 0 radical (unpaired) electrons. The van der Waals surface area contributed by atoms with Gasteiger partial charge >= 0.3 is 0 Å². The van der Waals surface area contributed by atoms with Gasteiger partial charge in [-0.05, 0) is 85.1 Å². The molecule has 43 heavy (non-hydrogen) atoms. The Kier molecular flexibility index (Phi) is 5.77. The monoisotopic (exact) mass is 551 g/mol. The van der Waals surface area contributed by atoms with Crippen molar-refractivity contribution in [2.75, 3.05) is 0 Å². The predicted octanol–water partition coefficient (Wildman–Crippen LogP) is 11.7. The van der Waals surface area contributed by atoms with Crippen LogP contribution >= 0.6 is 0 Å². The van der Waals surface area contributed by atoms with Crippen molar-refractivity contribution in [1.82, 2.24) is 4.57 Å². The Balaban J connectivity index is 1.47. The second-order valence-corrected chi connectivity index (χ2v) is 12.6. The largest absolute Gasteiger partial charge is 0.309 e. The van der Waals surface area contributed by atoms with Crippen LogP contribution in [0.15, 0.2) is 146 Å². The number of hydrogen-bond donors (Lipinski definition) is 0. The van der Waals surface area contributed by atoms with Gasteiger partial charge in [-0.2, -0.15) is 0 Å². The molecule has 0 unspecified atom stereocenters. The highest BCUT2D eigenvalue weighted by atomic mass is 15.0. The number of rotatable bonds is 3. The molecular formula is C42H33N. The highest BCUT2D eigenvalue weighted by Gasteiger charge is 2.21. The van der Waals surface area contributed by atoms with Crippen molar-refractivity contribution in [2.24, 2.45) is 0 Å². The molecule has 8 rings (SSSR count). The summed E-state index contributed by atoms with van der Waals surface area (Å²) in [5, 5.41) is 7.70. The van der Waals surface area contributed by atoms with Crippen molar-refractivity contribution in [3.05, 3.63) is 151 Å². The summed E-state index contributed by atoms with van der Waals surface area (Å²) >= 11 is 0. The third-order valence-electron chi connectivity index (χ3n) is 8.93. The van der Waals surface area contributed by atoms with Crippen LogP contribution in [0.1, 0.15) is 26.3 Å². The SMILES string of the molecule is CC(C)(C)c1ccc2c(-c3cccc(-n4c5ccccc5c5ccccc54)c3)c3ccccc3c(-c3ccccc3)c2c1. The summed E-state index contributed by atoms with van der Waals surface area (Å²) in [7, 11) is 0. The van der Waals surface area contributed by atoms with Crippen molar-refractivity contribution in [2.45, 2.75) is 26.2 Å². The molecule has 0 amide bonds. The second-order valence-electron chi connectivity index (χ2n) is 12.6. The lowest BCUT2D eigenvalue weighted by Gasteiger charge is -2.23. The van der Waals surface area contributed by atoms with Crippen LogP contribution in [0.25, 0.3) is 71.3 Å². The lowest BCUT2D eigenvalue weighted by Crippen LogP contribution is -2.10. The summed E-state index contributed by atoms with van der Waals surface area (Å²) in [6.07, 6.45) is 0. The minimum atomic E-state index is 0.0460. The zero-order valence-corrected chi connectivity index (χ0v) is 24.8. The molecule has 0 saturated heterocycles. The van der Waals surface area contributed by atoms with Crippen molar-refractivity contribution in [3.63, 3.8) is 0 Å². The molecule has 8 aromatic rings. The summed E-state index contributed by atoms with van der Waals surface area (Å²) in [6, 6.07) is 53.5. The average Bonchev–Trinajstić information content (AvgIpc) is 3.38. The quantitative estimate of drug-likeness (QED) is 0.192. The van der Waals surface area contributed by atoms with Crippen molar-refractivity contribution < 1.29 is 0 Å². The summed E-state index contributed by atoms with van der Waals surface area (Å²) in [6.45, 7) is 6.90. The standard InChI is InChI=1S/C42H33N/c1-42(2,3)30-24-25-36-37(27-30)40(28-14-5-4-6-15-28)34-20-7-8-21-35(34)41(36)29-16-13-17-31(26-29)43-38-22-11-9-18-32(38)33-19-10-12-23-39(33)43/h4-27H,1-3H3. The van der Waals surface area contributed by atoms with E-state index in [2.05, 4.69) is 171 Å². The van der Waals surface area contributed by atoms with Gasteiger partial charge in [0.05, 0.1) is 11.0 Å². The van der Waals surface area contributed by atoms with Gasteiger partial charge in [-0.25, -0.2) is 0 Å². The van der Waals surface area contributed by atoms with E-state index in [0.29, 0.717) is 0 Å². The van der Waals surface area contributed by atoms with E-state index in [0.717, 1.165) is 0 Å². The van der Waals surface area contributed by atoms with Crippen LogP contribution in [0.5, 0.6) is 0 Å². The Bertz CT molecular complexity index is 2260. The van der Waals surface area contributed by atoms with E-state index in [-0.39, 0.29) is 5.41 Å². The van der Waals surface area contributed by atoms with E-state index in [1.54, 1.807) is 0 Å². The average molecular weight is 552 g/mol. The van der Waals surface area contributed by atoms with Gasteiger partial charge in [0.25, 0.3) is 0 Å². The molecular weight excluding hydrogens is 518 g/mol. The molecule has 0 fully saturated rings. The number of fused-ring (bicyclic) bond motifs is 5. The Morgan fingerprint density at radius 3 is 1.53 bits per heavy atom. The number of benzene rings is 7. The van der Waals surface area contributed by atoms with Gasteiger partial charge in [0.2, 0.25) is 0 Å². The number of hydrogen-bond acceptors (Lipinski definition) is 0. The molecule has 0 aliphatic rings. The fraction of sp³-hybridized carbons (Fsp3) is 0.0952. The fourth-order valence-corrected chi connectivity index (χ4v) is 6.87. The second kappa shape index (κ2) is 9.71. The molecule has 206 valence electrons. The Morgan fingerprint density at radius 1 is 0.395 bits per heavy atom. The Morgan fingerprint density at radius 2 is 0.907 bits per heavy atom. The molecule has 0 bridgehead atoms. The van der Waals surface area contributed by atoms with Crippen LogP contribution in [-0.2, 0) is 5.41 Å². The number of nitrogens with zero attached hydrogens (tertiary/aromatic N) is 1. The lowest BCUT2D eigenvalue weighted by atomic mass is 9.81. The molecule has 0 aliphatic carbocycles. The highest BCUT2D eigenvalue weighted by molar-refractivity contribution is 6.21. The molecule has 0 atom stereocenters. The first-order valence-electron chi connectivity index (χ1n) is 15.1. The zero-order valence-electron chi connectivity index (χ0n) is 24.8. The van der Waals surface area contributed by atoms with E-state index >= 15 is 0 Å². The van der Waals surface area contributed by atoms with Crippen LogP contribution in [0.4, 0.5) is 0 Å². The van der Waals surface area contributed by atoms with Gasteiger partial charge in [-0.1, -0.05) is 136 Å². The van der Waals surface area contributed by atoms with Gasteiger partial charge in [-0.15, -0.1) is 0 Å². The zero-order chi connectivity index (χ0) is 29.1. The van der Waals surface area contributed by atoms with Crippen LogP contribution in [0, 0.1) is 0 Å². The van der Waals surface area contributed by atoms with Crippen LogP contribution in [-0.4, -0.2) is 4.57 Å². The minimum Gasteiger partial charge on any atom is -0.309 e. The third kappa shape index (κ3) is 4.07. The summed E-state index contributed by atoms with van der Waals surface area (Å²) in [4.78, 5) is 0. The van der Waals surface area contributed by atoms with Crippen LogP contribution in [0.3, 0.4) is 0 Å². The first kappa shape index (κ1) is 25.6. The number of aromatic nitrogens is 1. The van der Waals surface area contributed by atoms with Gasteiger partial charge < -0.3 is 4.57 Å². The first-order chi connectivity index (χ1) is 21.0. The molecule has 7 aromatic carbocycles. The smallest absolute Gasteiger partial charge is 0.0541 e. The van der Waals surface area contributed by atoms with Gasteiger partial charge in [-0.3, -0.25) is 0 Å². The maximum atomic E-state index is 2.43. The molecule has 1 nitrogen and oxygen atoms in total. The van der Waals surface area contributed by atoms with E-state index in [1.807, 2.05) is 0 Å². The molecule has 0 aliphatic heterocycles. The Labute approximate surface area is 252 Å². The Hall–Kier alpha value is -5.14. The highest BCUT2D eigenvalue weighted by Crippen LogP contribution is 2.45. The lowest BCUT2D eigenvalue weighted by molar-refractivity contribution is 0.591. The predicted molar refractivity (Wildman–Crippen MR) is 185 cm³/mol. The normalized spacial score (nSPS) is 12.1. The van der Waals surface area contributed by atoms with E-state index in [9.17, 15) is 0 Å². The third-order valence-corrected chi connectivity index (χ3v) is 8.93. The van der Waals surface area contributed by atoms with Gasteiger partial charge in [0, 0.05) is 16.5 Å². The molecule has 0 saturated carbocycles. The number of para-hydroxylation sites is 2. The van der Waals surface area contributed by atoms with Crippen molar-refractivity contribution >= 4 is 43.4 Å². The van der Waals surface area contributed by atoms with Crippen LogP contribution in [0.2, 0.25) is 0 Å². The molecule has 0 spiro atoms. The molecule has 1 heterocycles. The molecule has 0 N–H and O–H groups in total. The molecule has 1 aromatic heterocycles. The summed E-state index contributed by atoms with van der Waals surface area (Å²) in [5.41, 5.74) is 10.1. The van der Waals surface area contributed by atoms with E-state index in [4.69, 9.17) is 0 Å². The molecule has 1 heteroatoms. The van der Waals surface area contributed by atoms with Crippen molar-refractivity contribution in [3.8, 4) is 27.9 Å². The van der Waals surface area contributed by atoms with E-state index < -0.39 is 0 Å². The summed E-state index contributed by atoms with van der Waals surface area (Å²) < 4.78 is 2.41. The van der Waals surface area contributed by atoms with E-state index in [1.165, 1.54) is 76.9 Å². The first-order valence-corrected chi connectivity index (χ1v) is 15.1. The fourth-order valence-electron chi connectivity index (χ4n) is 6.87. The van der Waals surface area contributed by atoms with Crippen LogP contribution < -0.4 is 0 Å². The summed E-state index contributed by atoms with van der Waals surface area (Å²) in [5.74, 6) is 0. The minimum absolute atomic E-state index is 0.0460. The topological polar surface area (TPSA) is 4.93 Å². The maximum absolute atomic E-state index is 2.43.